The largest absolute Gasteiger partial charge is 0.354 e. The zero-order chi connectivity index (χ0) is 6.69. The zero-order valence-corrected chi connectivity index (χ0v) is 5.67. The fraction of sp³-hybridized carbons (Fsp3) is 0.250. The van der Waals surface area contributed by atoms with E-state index >= 15 is 0 Å². The number of allylic oxidation sites excluding steroid dienone is 1. The lowest BCUT2D eigenvalue weighted by molar-refractivity contribution is 0.858. The third kappa shape index (κ3) is 1.22. The maximum Gasteiger partial charge on any atom is 0.0209 e. The smallest absolute Gasteiger partial charge is 0.0209 e. The van der Waals surface area contributed by atoms with Gasteiger partial charge in [0.05, 0.1) is 0 Å². The number of aromatic nitrogens is 1. The first-order chi connectivity index (χ1) is 4.34. The molecule has 1 aromatic heterocycles. The standard InChI is InChI=1S/C8H11N/c1-3-5-8-6-4-7-9(8)2/h3-4,6-7H,1,5H2,2H3. The van der Waals surface area contributed by atoms with Gasteiger partial charge in [-0.25, -0.2) is 0 Å². The minimum absolute atomic E-state index is 0.962. The number of hydrogen-bond acceptors (Lipinski definition) is 0. The van der Waals surface area contributed by atoms with E-state index in [0.717, 1.165) is 6.42 Å². The summed E-state index contributed by atoms with van der Waals surface area (Å²) >= 11 is 0. The molecule has 0 spiro atoms. The van der Waals surface area contributed by atoms with Crippen molar-refractivity contribution < 1.29 is 0 Å². The fourth-order valence-electron chi connectivity index (χ4n) is 0.856. The lowest BCUT2D eigenvalue weighted by Gasteiger charge is -1.96. The summed E-state index contributed by atoms with van der Waals surface area (Å²) in [5, 5.41) is 0. The molecule has 0 radical (unpaired) electrons. The molecule has 0 aliphatic rings. The monoisotopic (exact) mass is 121 g/mol. The van der Waals surface area contributed by atoms with Crippen LogP contribution in [0.4, 0.5) is 0 Å². The molecule has 0 amide bonds. The van der Waals surface area contributed by atoms with Gasteiger partial charge in [0.1, 0.15) is 0 Å². The van der Waals surface area contributed by atoms with Gasteiger partial charge in [-0.1, -0.05) is 6.08 Å². The van der Waals surface area contributed by atoms with Crippen LogP contribution in [-0.2, 0) is 13.5 Å². The minimum Gasteiger partial charge on any atom is -0.354 e. The number of rotatable bonds is 2. The summed E-state index contributed by atoms with van der Waals surface area (Å²) < 4.78 is 2.10. The van der Waals surface area contributed by atoms with Gasteiger partial charge >= 0.3 is 0 Å². The molecule has 1 heterocycles. The molecule has 0 bridgehead atoms. The predicted molar refractivity (Wildman–Crippen MR) is 39.3 cm³/mol. The van der Waals surface area contributed by atoms with Crippen LogP contribution in [0, 0.1) is 0 Å². The van der Waals surface area contributed by atoms with Gasteiger partial charge in [-0.15, -0.1) is 6.58 Å². The number of hydrogen-bond donors (Lipinski definition) is 0. The van der Waals surface area contributed by atoms with Crippen molar-refractivity contribution in [3.8, 4) is 0 Å². The second-order valence-electron chi connectivity index (χ2n) is 2.10. The van der Waals surface area contributed by atoms with E-state index in [1.807, 2.05) is 25.4 Å². The molecule has 0 saturated heterocycles. The summed E-state index contributed by atoms with van der Waals surface area (Å²) in [6.45, 7) is 3.66. The van der Waals surface area contributed by atoms with Crippen molar-refractivity contribution in [3.05, 3.63) is 36.7 Å². The van der Waals surface area contributed by atoms with E-state index in [0.29, 0.717) is 0 Å². The molecule has 0 atom stereocenters. The lowest BCUT2D eigenvalue weighted by atomic mass is 10.3. The Morgan fingerprint density at radius 1 is 1.78 bits per heavy atom. The summed E-state index contributed by atoms with van der Waals surface area (Å²) in [6, 6.07) is 4.14. The van der Waals surface area contributed by atoms with Crippen molar-refractivity contribution in [3.63, 3.8) is 0 Å². The molecule has 0 N–H and O–H groups in total. The third-order valence-corrected chi connectivity index (χ3v) is 1.40. The van der Waals surface area contributed by atoms with E-state index in [1.165, 1.54) is 5.69 Å². The van der Waals surface area contributed by atoms with Gasteiger partial charge in [-0.05, 0) is 12.1 Å². The zero-order valence-electron chi connectivity index (χ0n) is 5.67. The van der Waals surface area contributed by atoms with E-state index in [4.69, 9.17) is 0 Å². The van der Waals surface area contributed by atoms with Crippen molar-refractivity contribution in [2.45, 2.75) is 6.42 Å². The van der Waals surface area contributed by atoms with Crippen LogP contribution in [0.1, 0.15) is 5.69 Å². The molecular formula is C8H11N. The Morgan fingerprint density at radius 3 is 3.00 bits per heavy atom. The molecule has 1 aromatic rings. The van der Waals surface area contributed by atoms with E-state index in [9.17, 15) is 0 Å². The minimum atomic E-state index is 0.962. The van der Waals surface area contributed by atoms with E-state index < -0.39 is 0 Å². The Hall–Kier alpha value is -0.980. The molecule has 1 nitrogen and oxygen atoms in total. The van der Waals surface area contributed by atoms with Crippen LogP contribution in [0.25, 0.3) is 0 Å². The summed E-state index contributed by atoms with van der Waals surface area (Å²) in [5.74, 6) is 0. The van der Waals surface area contributed by atoms with Crippen molar-refractivity contribution in [1.82, 2.24) is 4.57 Å². The van der Waals surface area contributed by atoms with E-state index in [2.05, 4.69) is 17.2 Å². The van der Waals surface area contributed by atoms with Crippen LogP contribution < -0.4 is 0 Å². The van der Waals surface area contributed by atoms with Crippen LogP contribution in [0.5, 0.6) is 0 Å². The average molecular weight is 121 g/mol. The molecule has 0 fully saturated rings. The maximum absolute atomic E-state index is 3.66. The normalized spacial score (nSPS) is 9.44. The topological polar surface area (TPSA) is 4.93 Å². The molecule has 1 heteroatoms. The summed E-state index contributed by atoms with van der Waals surface area (Å²) in [6.07, 6.45) is 4.91. The highest BCUT2D eigenvalue weighted by Gasteiger charge is 1.90. The van der Waals surface area contributed by atoms with E-state index in [-0.39, 0.29) is 0 Å². The van der Waals surface area contributed by atoms with Gasteiger partial charge in [-0.3, -0.25) is 0 Å². The van der Waals surface area contributed by atoms with Crippen LogP contribution in [-0.4, -0.2) is 4.57 Å². The molecule has 0 unspecified atom stereocenters. The van der Waals surface area contributed by atoms with Gasteiger partial charge in [0.2, 0.25) is 0 Å². The Kier molecular flexibility index (Phi) is 1.73. The average Bonchev–Trinajstić information content (AvgIpc) is 2.18. The Labute approximate surface area is 55.6 Å². The number of aryl methyl sites for hydroxylation is 1. The SMILES string of the molecule is C=CCc1cccn1C. The van der Waals surface area contributed by atoms with Crippen LogP contribution in [0.3, 0.4) is 0 Å². The van der Waals surface area contributed by atoms with Gasteiger partial charge in [0.25, 0.3) is 0 Å². The summed E-state index contributed by atoms with van der Waals surface area (Å²) in [4.78, 5) is 0. The molecule has 0 saturated carbocycles. The molecule has 0 aliphatic carbocycles. The summed E-state index contributed by atoms with van der Waals surface area (Å²) in [7, 11) is 2.04. The highest BCUT2D eigenvalue weighted by molar-refractivity contribution is 5.09. The predicted octanol–water partition coefficient (Wildman–Crippen LogP) is 1.75. The second kappa shape index (κ2) is 2.53. The number of nitrogens with zero attached hydrogens (tertiary/aromatic N) is 1. The van der Waals surface area contributed by atoms with Gasteiger partial charge in [-0.2, -0.15) is 0 Å². The Balaban J connectivity index is 2.80. The second-order valence-corrected chi connectivity index (χ2v) is 2.10. The highest BCUT2D eigenvalue weighted by atomic mass is 14.9. The van der Waals surface area contributed by atoms with Gasteiger partial charge in [0.15, 0.2) is 0 Å². The maximum atomic E-state index is 3.66. The van der Waals surface area contributed by atoms with E-state index in [1.54, 1.807) is 0 Å². The lowest BCUT2D eigenvalue weighted by Crippen LogP contribution is -1.91. The van der Waals surface area contributed by atoms with Gasteiger partial charge < -0.3 is 4.57 Å². The molecule has 0 aliphatic heterocycles. The molecule has 0 aromatic carbocycles. The fourth-order valence-corrected chi connectivity index (χ4v) is 0.856. The first kappa shape index (κ1) is 6.14. The third-order valence-electron chi connectivity index (χ3n) is 1.40. The van der Waals surface area contributed by atoms with Crippen molar-refractivity contribution in [2.24, 2.45) is 7.05 Å². The molecule has 1 rings (SSSR count). The van der Waals surface area contributed by atoms with Crippen molar-refractivity contribution in [1.29, 1.82) is 0 Å². The first-order valence-corrected chi connectivity index (χ1v) is 3.05. The Morgan fingerprint density at radius 2 is 2.56 bits per heavy atom. The van der Waals surface area contributed by atoms with Crippen molar-refractivity contribution in [2.75, 3.05) is 0 Å². The molecule has 9 heavy (non-hydrogen) atoms. The molecule has 48 valence electrons. The van der Waals surface area contributed by atoms with Crippen LogP contribution in [0.15, 0.2) is 31.0 Å². The van der Waals surface area contributed by atoms with Crippen LogP contribution >= 0.6 is 0 Å². The summed E-state index contributed by atoms with van der Waals surface area (Å²) in [5.41, 5.74) is 1.31. The van der Waals surface area contributed by atoms with Crippen LogP contribution in [0.2, 0.25) is 0 Å². The Bertz CT molecular complexity index is 198. The highest BCUT2D eigenvalue weighted by Crippen LogP contribution is 1.99. The van der Waals surface area contributed by atoms with Gasteiger partial charge in [0, 0.05) is 25.4 Å². The quantitative estimate of drug-likeness (QED) is 0.525. The van der Waals surface area contributed by atoms with Crippen molar-refractivity contribution >= 4 is 0 Å². The molecular weight excluding hydrogens is 110 g/mol. The first-order valence-electron chi connectivity index (χ1n) is 3.05.